The predicted molar refractivity (Wildman–Crippen MR) is 82.5 cm³/mol. The lowest BCUT2D eigenvalue weighted by Crippen LogP contribution is -2.38. The lowest BCUT2D eigenvalue weighted by Gasteiger charge is -2.24. The summed E-state index contributed by atoms with van der Waals surface area (Å²) in [6.07, 6.45) is 3.72. The second kappa shape index (κ2) is 7.46. The minimum atomic E-state index is 0.0522. The first-order valence-corrected chi connectivity index (χ1v) is 7.73. The molecule has 0 saturated carbocycles. The molecule has 0 aromatic heterocycles. The monoisotopic (exact) mass is 291 g/mol. The van der Waals surface area contributed by atoms with Crippen LogP contribution >= 0.6 is 0 Å². The molecule has 4 heteroatoms. The molecule has 0 spiro atoms. The number of carbonyl (C=O) groups is 1. The molecular weight excluding hydrogens is 266 g/mol. The Morgan fingerprint density at radius 3 is 3.00 bits per heavy atom. The first-order chi connectivity index (χ1) is 10.1. The second-order valence-electron chi connectivity index (χ2n) is 5.74. The molecule has 1 fully saturated rings. The predicted octanol–water partition coefficient (Wildman–Crippen LogP) is 2.45. The van der Waals surface area contributed by atoms with Gasteiger partial charge < -0.3 is 14.7 Å². The van der Waals surface area contributed by atoms with Crippen molar-refractivity contribution in [2.45, 2.75) is 45.6 Å². The fourth-order valence-electron chi connectivity index (χ4n) is 2.89. The molecule has 1 aliphatic heterocycles. The van der Waals surface area contributed by atoms with Crippen LogP contribution in [0.3, 0.4) is 0 Å². The standard InChI is InChI=1S/C17H25NO3/c1-13-6-3-9-16(14(13)2)21-12-17(20)18-10-4-7-15(18)8-5-11-19/h3,6,9,15,19H,4-5,7-8,10-12H2,1-2H3. The summed E-state index contributed by atoms with van der Waals surface area (Å²) >= 11 is 0. The van der Waals surface area contributed by atoms with Gasteiger partial charge in [-0.3, -0.25) is 4.79 Å². The number of nitrogens with zero attached hydrogens (tertiary/aromatic N) is 1. The minimum absolute atomic E-state index is 0.0522. The molecule has 0 aliphatic carbocycles. The number of likely N-dealkylation sites (tertiary alicyclic amines) is 1. The number of amides is 1. The Kier molecular flexibility index (Phi) is 5.62. The van der Waals surface area contributed by atoms with Crippen molar-refractivity contribution < 1.29 is 14.6 Å². The Morgan fingerprint density at radius 2 is 2.24 bits per heavy atom. The normalized spacial score (nSPS) is 18.0. The van der Waals surface area contributed by atoms with Crippen LogP contribution in [0.25, 0.3) is 0 Å². The number of hydrogen-bond acceptors (Lipinski definition) is 3. The van der Waals surface area contributed by atoms with Gasteiger partial charge in [0.05, 0.1) is 0 Å². The van der Waals surface area contributed by atoms with Gasteiger partial charge in [0.2, 0.25) is 0 Å². The van der Waals surface area contributed by atoms with E-state index in [0.29, 0.717) is 0 Å². The molecule has 1 aromatic carbocycles. The third-order valence-electron chi connectivity index (χ3n) is 4.30. The van der Waals surface area contributed by atoms with E-state index in [1.165, 1.54) is 5.56 Å². The average molecular weight is 291 g/mol. The number of aliphatic hydroxyl groups excluding tert-OH is 1. The van der Waals surface area contributed by atoms with Gasteiger partial charge in [0.15, 0.2) is 6.61 Å². The van der Waals surface area contributed by atoms with Crippen LogP contribution in [0.5, 0.6) is 5.75 Å². The summed E-state index contributed by atoms with van der Waals surface area (Å²) in [5, 5.41) is 8.93. The molecule has 1 N–H and O–H groups in total. The van der Waals surface area contributed by atoms with E-state index in [1.54, 1.807) is 0 Å². The fraction of sp³-hybridized carbons (Fsp3) is 0.588. The first-order valence-electron chi connectivity index (χ1n) is 7.73. The van der Waals surface area contributed by atoms with E-state index in [2.05, 4.69) is 0 Å². The van der Waals surface area contributed by atoms with Gasteiger partial charge in [-0.2, -0.15) is 0 Å². The molecule has 0 radical (unpaired) electrons. The molecule has 0 bridgehead atoms. The fourth-order valence-corrected chi connectivity index (χ4v) is 2.89. The van der Waals surface area contributed by atoms with Gasteiger partial charge in [-0.25, -0.2) is 0 Å². The van der Waals surface area contributed by atoms with Gasteiger partial charge in [-0.1, -0.05) is 12.1 Å². The van der Waals surface area contributed by atoms with E-state index in [9.17, 15) is 4.79 Å². The van der Waals surface area contributed by atoms with Gasteiger partial charge in [0.25, 0.3) is 5.91 Å². The summed E-state index contributed by atoms with van der Waals surface area (Å²) in [6.45, 7) is 5.15. The molecule has 1 aromatic rings. The Labute approximate surface area is 126 Å². The average Bonchev–Trinajstić information content (AvgIpc) is 2.95. The number of ether oxygens (including phenoxy) is 1. The SMILES string of the molecule is Cc1cccc(OCC(=O)N2CCCC2CCCO)c1C. The molecule has 2 rings (SSSR count). The molecule has 1 atom stereocenters. The van der Waals surface area contributed by atoms with Crippen molar-refractivity contribution in [2.24, 2.45) is 0 Å². The number of aryl methyl sites for hydroxylation is 1. The van der Waals surface area contributed by atoms with Crippen LogP contribution in [0.2, 0.25) is 0 Å². The zero-order valence-electron chi connectivity index (χ0n) is 13.0. The quantitative estimate of drug-likeness (QED) is 0.876. The highest BCUT2D eigenvalue weighted by molar-refractivity contribution is 5.78. The maximum Gasteiger partial charge on any atom is 0.260 e. The lowest BCUT2D eigenvalue weighted by atomic mass is 10.1. The summed E-state index contributed by atoms with van der Waals surface area (Å²) < 4.78 is 5.70. The molecule has 1 heterocycles. The zero-order valence-corrected chi connectivity index (χ0v) is 13.0. The number of aliphatic hydroxyl groups is 1. The van der Waals surface area contributed by atoms with E-state index >= 15 is 0 Å². The van der Waals surface area contributed by atoms with Gasteiger partial charge in [0.1, 0.15) is 5.75 Å². The Bertz CT molecular complexity index is 487. The van der Waals surface area contributed by atoms with Gasteiger partial charge in [-0.15, -0.1) is 0 Å². The first kappa shape index (κ1) is 15.8. The van der Waals surface area contributed by atoms with E-state index < -0.39 is 0 Å². The van der Waals surface area contributed by atoms with E-state index in [0.717, 1.165) is 43.5 Å². The van der Waals surface area contributed by atoms with Crippen LogP contribution in [0.1, 0.15) is 36.8 Å². The second-order valence-corrected chi connectivity index (χ2v) is 5.74. The number of hydrogen-bond donors (Lipinski definition) is 1. The minimum Gasteiger partial charge on any atom is -0.483 e. The molecule has 1 unspecified atom stereocenters. The maximum atomic E-state index is 12.3. The molecule has 21 heavy (non-hydrogen) atoms. The lowest BCUT2D eigenvalue weighted by molar-refractivity contribution is -0.134. The molecule has 116 valence electrons. The molecule has 4 nitrogen and oxygen atoms in total. The summed E-state index contributed by atoms with van der Waals surface area (Å²) in [5.41, 5.74) is 2.26. The van der Waals surface area contributed by atoms with Crippen LogP contribution in [0.15, 0.2) is 18.2 Å². The van der Waals surface area contributed by atoms with E-state index in [4.69, 9.17) is 9.84 Å². The van der Waals surface area contributed by atoms with Crippen LogP contribution in [-0.2, 0) is 4.79 Å². The molecule has 1 amide bonds. The topological polar surface area (TPSA) is 49.8 Å². The zero-order chi connectivity index (χ0) is 15.2. The Hall–Kier alpha value is -1.55. The third kappa shape index (κ3) is 3.97. The van der Waals surface area contributed by atoms with Crippen LogP contribution in [0, 0.1) is 13.8 Å². The van der Waals surface area contributed by atoms with Gasteiger partial charge in [0, 0.05) is 19.2 Å². The van der Waals surface area contributed by atoms with Gasteiger partial charge >= 0.3 is 0 Å². The van der Waals surface area contributed by atoms with Crippen LogP contribution in [-0.4, -0.2) is 41.7 Å². The van der Waals surface area contributed by atoms with Crippen molar-refractivity contribution in [3.05, 3.63) is 29.3 Å². The number of carbonyl (C=O) groups excluding carboxylic acids is 1. The van der Waals surface area contributed by atoms with Crippen molar-refractivity contribution >= 4 is 5.91 Å². The van der Waals surface area contributed by atoms with Crippen LogP contribution < -0.4 is 4.74 Å². The molecular formula is C17H25NO3. The number of rotatable bonds is 6. The van der Waals surface area contributed by atoms with Crippen molar-refractivity contribution in [3.8, 4) is 5.75 Å². The van der Waals surface area contributed by atoms with Crippen molar-refractivity contribution in [3.63, 3.8) is 0 Å². The third-order valence-corrected chi connectivity index (χ3v) is 4.30. The summed E-state index contributed by atoms with van der Waals surface area (Å²) in [4.78, 5) is 14.2. The summed E-state index contributed by atoms with van der Waals surface area (Å²) in [5.74, 6) is 0.839. The molecule has 1 aliphatic rings. The van der Waals surface area contributed by atoms with Crippen molar-refractivity contribution in [1.29, 1.82) is 0 Å². The Balaban J connectivity index is 1.90. The summed E-state index contributed by atoms with van der Waals surface area (Å²) in [6, 6.07) is 6.16. The number of benzene rings is 1. The van der Waals surface area contributed by atoms with Crippen LogP contribution in [0.4, 0.5) is 0 Å². The summed E-state index contributed by atoms with van der Waals surface area (Å²) in [7, 11) is 0. The largest absolute Gasteiger partial charge is 0.483 e. The highest BCUT2D eigenvalue weighted by Gasteiger charge is 2.28. The van der Waals surface area contributed by atoms with Crippen molar-refractivity contribution in [2.75, 3.05) is 19.8 Å². The highest BCUT2D eigenvalue weighted by Crippen LogP contribution is 2.23. The Morgan fingerprint density at radius 1 is 1.43 bits per heavy atom. The van der Waals surface area contributed by atoms with Crippen molar-refractivity contribution in [1.82, 2.24) is 4.90 Å². The smallest absolute Gasteiger partial charge is 0.260 e. The van der Waals surface area contributed by atoms with E-state index in [-0.39, 0.29) is 25.2 Å². The highest BCUT2D eigenvalue weighted by atomic mass is 16.5. The van der Waals surface area contributed by atoms with E-state index in [1.807, 2.05) is 36.9 Å². The molecule has 1 saturated heterocycles. The van der Waals surface area contributed by atoms with Gasteiger partial charge in [-0.05, 0) is 56.7 Å². The maximum absolute atomic E-state index is 12.3.